The summed E-state index contributed by atoms with van der Waals surface area (Å²) in [5.74, 6) is 0.601. The van der Waals surface area contributed by atoms with Gasteiger partial charge in [0.2, 0.25) is 0 Å². The van der Waals surface area contributed by atoms with Gasteiger partial charge in [0.15, 0.2) is 5.13 Å². The number of aromatic nitrogens is 3. The van der Waals surface area contributed by atoms with Crippen LogP contribution in [0.4, 0.5) is 10.9 Å². The van der Waals surface area contributed by atoms with Crippen LogP contribution in [0, 0.1) is 0 Å². The van der Waals surface area contributed by atoms with Crippen LogP contribution in [-0.4, -0.2) is 27.9 Å². The number of nitrogens with zero attached hydrogens (tertiary/aromatic N) is 4. The number of hydrogen-bond donors (Lipinski definition) is 1. The Morgan fingerprint density at radius 2 is 1.95 bits per heavy atom. The van der Waals surface area contributed by atoms with Gasteiger partial charge in [0, 0.05) is 19.3 Å². The smallest absolute Gasteiger partial charge is 0.186 e. The number of anilines is 2. The molecule has 1 aliphatic heterocycles. The van der Waals surface area contributed by atoms with E-state index >= 15 is 0 Å². The van der Waals surface area contributed by atoms with E-state index < -0.39 is 0 Å². The first-order chi connectivity index (χ1) is 10.3. The van der Waals surface area contributed by atoms with Gasteiger partial charge >= 0.3 is 0 Å². The Bertz CT molecular complexity index is 721. The van der Waals surface area contributed by atoms with E-state index in [-0.39, 0.29) is 0 Å². The van der Waals surface area contributed by atoms with Crippen LogP contribution < -0.4 is 10.6 Å². The first-order valence-electron chi connectivity index (χ1n) is 7.21. The Balaban J connectivity index is 1.49. The van der Waals surface area contributed by atoms with Crippen molar-refractivity contribution in [3.8, 4) is 0 Å². The van der Waals surface area contributed by atoms with Gasteiger partial charge < -0.3 is 10.6 Å². The minimum Gasteiger partial charge on any atom is -0.382 e. The number of nitrogen functional groups attached to an aromatic ring is 1. The molecule has 0 unspecified atom stereocenters. The van der Waals surface area contributed by atoms with Crippen molar-refractivity contribution in [3.05, 3.63) is 36.5 Å². The van der Waals surface area contributed by atoms with E-state index in [1.807, 2.05) is 23.0 Å². The maximum absolute atomic E-state index is 5.70. The molecule has 1 fully saturated rings. The van der Waals surface area contributed by atoms with Crippen LogP contribution in [-0.2, 0) is 0 Å². The van der Waals surface area contributed by atoms with Crippen molar-refractivity contribution in [1.82, 2.24) is 14.8 Å². The van der Waals surface area contributed by atoms with Crippen molar-refractivity contribution in [3.63, 3.8) is 0 Å². The zero-order valence-electron chi connectivity index (χ0n) is 11.6. The van der Waals surface area contributed by atoms with Crippen molar-refractivity contribution in [2.24, 2.45) is 0 Å². The average molecular weight is 299 g/mol. The van der Waals surface area contributed by atoms with Gasteiger partial charge in [0.1, 0.15) is 5.82 Å². The molecule has 0 aliphatic carbocycles. The maximum Gasteiger partial charge on any atom is 0.186 e. The molecule has 5 nitrogen and oxygen atoms in total. The molecule has 0 atom stereocenters. The van der Waals surface area contributed by atoms with Crippen molar-refractivity contribution in [1.29, 1.82) is 0 Å². The van der Waals surface area contributed by atoms with E-state index in [9.17, 15) is 0 Å². The highest BCUT2D eigenvalue weighted by molar-refractivity contribution is 7.22. The lowest BCUT2D eigenvalue weighted by Crippen LogP contribution is -2.34. The fourth-order valence-electron chi connectivity index (χ4n) is 2.87. The lowest BCUT2D eigenvalue weighted by atomic mass is 10.1. The van der Waals surface area contributed by atoms with Gasteiger partial charge in [0.25, 0.3) is 0 Å². The van der Waals surface area contributed by atoms with Gasteiger partial charge in [-0.15, -0.1) is 0 Å². The Labute approximate surface area is 127 Å². The zero-order valence-corrected chi connectivity index (χ0v) is 12.5. The molecular weight excluding hydrogens is 282 g/mol. The van der Waals surface area contributed by atoms with Crippen LogP contribution in [0.3, 0.4) is 0 Å². The van der Waals surface area contributed by atoms with Gasteiger partial charge in [-0.3, -0.25) is 4.68 Å². The predicted molar refractivity (Wildman–Crippen MR) is 86.7 cm³/mol. The molecule has 0 saturated carbocycles. The molecule has 4 rings (SSSR count). The molecule has 2 N–H and O–H groups in total. The molecule has 0 bridgehead atoms. The minimum absolute atomic E-state index is 0.452. The largest absolute Gasteiger partial charge is 0.382 e. The van der Waals surface area contributed by atoms with Crippen LogP contribution in [0.5, 0.6) is 0 Å². The number of para-hydroxylation sites is 1. The third-order valence-corrected chi connectivity index (χ3v) is 5.12. The topological polar surface area (TPSA) is 60.0 Å². The zero-order chi connectivity index (χ0) is 14.2. The Kier molecular flexibility index (Phi) is 3.03. The Hall–Kier alpha value is -2.08. The standard InChI is InChI=1S/C15H17N5S/c16-14-7-10-20(18-14)11-5-8-19(9-6-11)15-17-12-3-1-2-4-13(12)21-15/h1-4,7,10-11H,5-6,8-9H2,(H2,16,18). The van der Waals surface area contributed by atoms with Crippen molar-refractivity contribution in [2.75, 3.05) is 23.7 Å². The molecule has 0 amide bonds. The summed E-state index contributed by atoms with van der Waals surface area (Å²) in [6, 6.07) is 10.6. The SMILES string of the molecule is Nc1ccn(C2CCN(c3nc4ccccc4s3)CC2)n1. The number of nitrogens with two attached hydrogens (primary N) is 1. The van der Waals surface area contributed by atoms with Crippen molar-refractivity contribution < 1.29 is 0 Å². The highest BCUT2D eigenvalue weighted by Crippen LogP contribution is 2.32. The first-order valence-corrected chi connectivity index (χ1v) is 8.02. The molecule has 0 radical (unpaired) electrons. The van der Waals surface area contributed by atoms with Gasteiger partial charge in [-0.2, -0.15) is 5.10 Å². The number of rotatable bonds is 2. The molecular formula is C15H17N5S. The number of hydrogen-bond acceptors (Lipinski definition) is 5. The van der Waals surface area contributed by atoms with Crippen LogP contribution in [0.15, 0.2) is 36.5 Å². The third-order valence-electron chi connectivity index (χ3n) is 4.02. The fourth-order valence-corrected chi connectivity index (χ4v) is 3.89. The quantitative estimate of drug-likeness (QED) is 0.790. The highest BCUT2D eigenvalue weighted by Gasteiger charge is 2.23. The molecule has 6 heteroatoms. The fraction of sp³-hybridized carbons (Fsp3) is 0.333. The van der Waals surface area contributed by atoms with E-state index in [4.69, 9.17) is 10.7 Å². The Morgan fingerprint density at radius 1 is 1.14 bits per heavy atom. The maximum atomic E-state index is 5.70. The summed E-state index contributed by atoms with van der Waals surface area (Å²) in [4.78, 5) is 7.12. The monoisotopic (exact) mass is 299 g/mol. The van der Waals surface area contributed by atoms with E-state index in [0.717, 1.165) is 36.6 Å². The number of benzene rings is 1. The van der Waals surface area contributed by atoms with Gasteiger partial charge in [0.05, 0.1) is 16.3 Å². The summed E-state index contributed by atoms with van der Waals surface area (Å²) in [5, 5.41) is 5.46. The van der Waals surface area contributed by atoms with Crippen LogP contribution in [0.2, 0.25) is 0 Å². The summed E-state index contributed by atoms with van der Waals surface area (Å²) >= 11 is 1.78. The van der Waals surface area contributed by atoms with Crippen molar-refractivity contribution in [2.45, 2.75) is 18.9 Å². The lowest BCUT2D eigenvalue weighted by Gasteiger charge is -2.31. The second-order valence-corrected chi connectivity index (χ2v) is 6.41. The summed E-state index contributed by atoms with van der Waals surface area (Å²) in [5.41, 5.74) is 6.79. The van der Waals surface area contributed by atoms with Gasteiger partial charge in [-0.05, 0) is 31.0 Å². The molecule has 21 heavy (non-hydrogen) atoms. The molecule has 3 heterocycles. The summed E-state index contributed by atoms with van der Waals surface area (Å²) in [6.07, 6.45) is 4.14. The molecule has 3 aromatic rings. The van der Waals surface area contributed by atoms with E-state index in [0.29, 0.717) is 11.9 Å². The van der Waals surface area contributed by atoms with E-state index in [1.165, 1.54) is 4.70 Å². The van der Waals surface area contributed by atoms with Gasteiger partial charge in [-0.1, -0.05) is 23.5 Å². The Morgan fingerprint density at radius 3 is 2.67 bits per heavy atom. The molecule has 1 aromatic carbocycles. The van der Waals surface area contributed by atoms with Crippen molar-refractivity contribution >= 4 is 32.5 Å². The average Bonchev–Trinajstić information content (AvgIpc) is 3.13. The second-order valence-electron chi connectivity index (χ2n) is 5.40. The molecule has 0 spiro atoms. The molecule has 1 saturated heterocycles. The molecule has 1 aliphatic rings. The molecule has 2 aromatic heterocycles. The first kappa shape index (κ1) is 12.6. The van der Waals surface area contributed by atoms with E-state index in [1.54, 1.807) is 11.3 Å². The predicted octanol–water partition coefficient (Wildman–Crippen LogP) is 2.92. The minimum atomic E-state index is 0.452. The number of thiazole rings is 1. The second kappa shape index (κ2) is 5.04. The van der Waals surface area contributed by atoms with E-state index in [2.05, 4.69) is 28.2 Å². The summed E-state index contributed by atoms with van der Waals surface area (Å²) < 4.78 is 3.26. The molecule has 108 valence electrons. The number of piperidine rings is 1. The third kappa shape index (κ3) is 2.35. The lowest BCUT2D eigenvalue weighted by molar-refractivity contribution is 0.367. The highest BCUT2D eigenvalue weighted by atomic mass is 32.1. The number of fused-ring (bicyclic) bond motifs is 1. The summed E-state index contributed by atoms with van der Waals surface area (Å²) in [6.45, 7) is 2.04. The van der Waals surface area contributed by atoms with Crippen LogP contribution in [0.1, 0.15) is 18.9 Å². The normalized spacial score (nSPS) is 16.7. The van der Waals surface area contributed by atoms with Crippen LogP contribution >= 0.6 is 11.3 Å². The summed E-state index contributed by atoms with van der Waals surface area (Å²) in [7, 11) is 0. The van der Waals surface area contributed by atoms with Crippen LogP contribution in [0.25, 0.3) is 10.2 Å². The van der Waals surface area contributed by atoms with Gasteiger partial charge in [-0.25, -0.2) is 4.98 Å².